The number of fused-ring (bicyclic) bond motifs is 1. The molecule has 2 aromatic heterocycles. The van der Waals surface area contributed by atoms with E-state index < -0.39 is 0 Å². The van der Waals surface area contributed by atoms with Gasteiger partial charge in [0.05, 0.1) is 30.2 Å². The van der Waals surface area contributed by atoms with Gasteiger partial charge in [0.2, 0.25) is 5.91 Å². The molecule has 3 heterocycles. The highest BCUT2D eigenvalue weighted by molar-refractivity contribution is 7.14. The van der Waals surface area contributed by atoms with E-state index in [1.807, 2.05) is 52.7 Å². The maximum absolute atomic E-state index is 12.5. The molecule has 1 amide bonds. The quantitative estimate of drug-likeness (QED) is 0.752. The SMILES string of the molecule is O=C(CN1COCC=Nc2ccccc21)Nc1nc(-c2ccccn2)cs1. The maximum atomic E-state index is 12.5. The van der Waals surface area contributed by atoms with Crippen LogP contribution in [0.25, 0.3) is 11.4 Å². The fourth-order valence-corrected chi connectivity index (χ4v) is 3.41. The summed E-state index contributed by atoms with van der Waals surface area (Å²) in [5.41, 5.74) is 3.19. The highest BCUT2D eigenvalue weighted by Crippen LogP contribution is 2.29. The van der Waals surface area contributed by atoms with Crippen LogP contribution in [0.15, 0.2) is 59.0 Å². The van der Waals surface area contributed by atoms with E-state index in [9.17, 15) is 4.79 Å². The van der Waals surface area contributed by atoms with E-state index in [0.717, 1.165) is 22.8 Å². The number of thiazole rings is 1. The third-order valence-corrected chi connectivity index (χ3v) is 4.66. The molecular weight excluding hydrogens is 362 g/mol. The minimum absolute atomic E-state index is 0.144. The summed E-state index contributed by atoms with van der Waals surface area (Å²) in [6, 6.07) is 13.3. The van der Waals surface area contributed by atoms with Crippen LogP contribution >= 0.6 is 11.3 Å². The van der Waals surface area contributed by atoms with E-state index in [4.69, 9.17) is 4.74 Å². The fraction of sp³-hybridized carbons (Fsp3) is 0.158. The Balaban J connectivity index is 1.46. The Morgan fingerprint density at radius 1 is 1.19 bits per heavy atom. The molecule has 4 rings (SSSR count). The summed E-state index contributed by atoms with van der Waals surface area (Å²) < 4.78 is 5.53. The zero-order valence-corrected chi connectivity index (χ0v) is 15.2. The zero-order chi connectivity index (χ0) is 18.5. The van der Waals surface area contributed by atoms with Crippen LogP contribution in [0.5, 0.6) is 0 Å². The van der Waals surface area contributed by atoms with Crippen molar-refractivity contribution in [1.29, 1.82) is 0 Å². The monoisotopic (exact) mass is 379 g/mol. The molecule has 1 aliphatic heterocycles. The molecule has 1 N–H and O–H groups in total. The minimum atomic E-state index is -0.167. The molecular formula is C19H17N5O2S. The summed E-state index contributed by atoms with van der Waals surface area (Å²) in [7, 11) is 0. The lowest BCUT2D eigenvalue weighted by atomic mass is 10.2. The van der Waals surface area contributed by atoms with Crippen molar-refractivity contribution in [3.05, 3.63) is 54.0 Å². The van der Waals surface area contributed by atoms with Gasteiger partial charge >= 0.3 is 0 Å². The molecule has 0 spiro atoms. The summed E-state index contributed by atoms with van der Waals surface area (Å²) in [6.45, 7) is 0.866. The van der Waals surface area contributed by atoms with Crippen molar-refractivity contribution in [3.63, 3.8) is 0 Å². The summed E-state index contributed by atoms with van der Waals surface area (Å²) in [5, 5.41) is 5.27. The number of hydrogen-bond donors (Lipinski definition) is 1. The number of hydrogen-bond acceptors (Lipinski definition) is 7. The summed E-state index contributed by atoms with van der Waals surface area (Å²) in [6.07, 6.45) is 3.44. The number of aliphatic imine (C=N–C) groups is 1. The average Bonchev–Trinajstić information content (AvgIpc) is 3.14. The van der Waals surface area contributed by atoms with Crippen molar-refractivity contribution >= 4 is 40.0 Å². The summed E-state index contributed by atoms with van der Waals surface area (Å²) in [4.78, 5) is 27.5. The number of nitrogens with one attached hydrogen (secondary N) is 1. The van der Waals surface area contributed by atoms with E-state index >= 15 is 0 Å². The lowest BCUT2D eigenvalue weighted by molar-refractivity contribution is -0.115. The molecule has 7 nitrogen and oxygen atoms in total. The number of aromatic nitrogens is 2. The van der Waals surface area contributed by atoms with Crippen molar-refractivity contribution in [2.24, 2.45) is 4.99 Å². The van der Waals surface area contributed by atoms with Gasteiger partial charge in [-0.2, -0.15) is 0 Å². The van der Waals surface area contributed by atoms with Gasteiger partial charge in [-0.15, -0.1) is 11.3 Å². The third kappa shape index (κ3) is 4.18. The van der Waals surface area contributed by atoms with Crippen LogP contribution in [0.4, 0.5) is 16.5 Å². The predicted molar refractivity (Wildman–Crippen MR) is 107 cm³/mol. The Bertz CT molecular complexity index is 957. The Labute approximate surface area is 160 Å². The van der Waals surface area contributed by atoms with Crippen LogP contribution < -0.4 is 10.2 Å². The number of carbonyl (C=O) groups excluding carboxylic acids is 1. The first kappa shape index (κ1) is 17.3. The van der Waals surface area contributed by atoms with Crippen molar-refractivity contribution in [1.82, 2.24) is 9.97 Å². The normalized spacial score (nSPS) is 13.6. The van der Waals surface area contributed by atoms with Crippen LogP contribution in [0.3, 0.4) is 0 Å². The number of para-hydroxylation sites is 2. The van der Waals surface area contributed by atoms with Crippen molar-refractivity contribution in [2.45, 2.75) is 0 Å². The Morgan fingerprint density at radius 2 is 2.07 bits per heavy atom. The molecule has 8 heteroatoms. The number of amides is 1. The molecule has 27 heavy (non-hydrogen) atoms. The second kappa shape index (κ2) is 8.07. The number of nitrogens with zero attached hydrogens (tertiary/aromatic N) is 4. The van der Waals surface area contributed by atoms with Crippen LogP contribution in [0.2, 0.25) is 0 Å². The summed E-state index contributed by atoms with van der Waals surface area (Å²) >= 11 is 1.37. The number of carbonyl (C=O) groups is 1. The molecule has 1 aromatic carbocycles. The Hall–Kier alpha value is -3.10. The van der Waals surface area contributed by atoms with Crippen molar-refractivity contribution in [3.8, 4) is 11.4 Å². The van der Waals surface area contributed by atoms with Gasteiger partial charge in [0.15, 0.2) is 5.13 Å². The van der Waals surface area contributed by atoms with E-state index in [2.05, 4.69) is 20.3 Å². The minimum Gasteiger partial charge on any atom is -0.355 e. The topological polar surface area (TPSA) is 79.7 Å². The molecule has 0 unspecified atom stereocenters. The molecule has 0 radical (unpaired) electrons. The Kier molecular flexibility index (Phi) is 5.17. The van der Waals surface area contributed by atoms with E-state index in [1.54, 1.807) is 12.4 Å². The lowest BCUT2D eigenvalue weighted by Gasteiger charge is -2.26. The van der Waals surface area contributed by atoms with Gasteiger partial charge in [-0.3, -0.25) is 14.8 Å². The standard InChI is InChI=1S/C19H17N5O2S/c25-18(23-19-22-16(12-27-19)14-5-3-4-8-20-14)11-24-13-26-10-9-21-15-6-1-2-7-17(15)24/h1-9,12H,10-11,13H2,(H,22,23,25). The van der Waals surface area contributed by atoms with Gasteiger partial charge < -0.3 is 15.0 Å². The molecule has 0 bridgehead atoms. The van der Waals surface area contributed by atoms with Crippen LogP contribution in [-0.4, -0.2) is 42.0 Å². The molecule has 0 saturated carbocycles. The van der Waals surface area contributed by atoms with E-state index in [1.165, 1.54) is 11.3 Å². The maximum Gasteiger partial charge on any atom is 0.245 e. The van der Waals surface area contributed by atoms with E-state index in [0.29, 0.717) is 18.5 Å². The number of anilines is 2. The van der Waals surface area contributed by atoms with E-state index in [-0.39, 0.29) is 12.5 Å². The summed E-state index contributed by atoms with van der Waals surface area (Å²) in [5.74, 6) is -0.167. The highest BCUT2D eigenvalue weighted by atomic mass is 32.1. The van der Waals surface area contributed by atoms with Gasteiger partial charge in [-0.05, 0) is 24.3 Å². The van der Waals surface area contributed by atoms with Gasteiger partial charge in [0.25, 0.3) is 0 Å². The predicted octanol–water partition coefficient (Wildman–Crippen LogP) is 3.34. The molecule has 0 aliphatic carbocycles. The smallest absolute Gasteiger partial charge is 0.245 e. The van der Waals surface area contributed by atoms with Crippen molar-refractivity contribution < 1.29 is 9.53 Å². The van der Waals surface area contributed by atoms with Gasteiger partial charge in [0, 0.05) is 17.8 Å². The van der Waals surface area contributed by atoms with Gasteiger partial charge in [0.1, 0.15) is 12.4 Å². The zero-order valence-electron chi connectivity index (χ0n) is 14.4. The number of rotatable bonds is 4. The van der Waals surface area contributed by atoms with Crippen molar-refractivity contribution in [2.75, 3.05) is 30.1 Å². The van der Waals surface area contributed by atoms with Gasteiger partial charge in [-0.25, -0.2) is 4.98 Å². The molecule has 136 valence electrons. The molecule has 0 saturated heterocycles. The van der Waals surface area contributed by atoms with Crippen LogP contribution in [0, 0.1) is 0 Å². The fourth-order valence-electron chi connectivity index (χ4n) is 2.69. The second-order valence-electron chi connectivity index (χ2n) is 5.80. The van der Waals surface area contributed by atoms with Crippen LogP contribution in [0.1, 0.15) is 0 Å². The first-order valence-electron chi connectivity index (χ1n) is 8.40. The lowest BCUT2D eigenvalue weighted by Crippen LogP contribution is -2.35. The molecule has 1 aliphatic rings. The van der Waals surface area contributed by atoms with Gasteiger partial charge in [-0.1, -0.05) is 18.2 Å². The highest BCUT2D eigenvalue weighted by Gasteiger charge is 2.17. The first-order chi connectivity index (χ1) is 13.3. The third-order valence-electron chi connectivity index (χ3n) is 3.90. The largest absolute Gasteiger partial charge is 0.355 e. The first-order valence-corrected chi connectivity index (χ1v) is 9.28. The average molecular weight is 379 g/mol. The second-order valence-corrected chi connectivity index (χ2v) is 6.66. The molecule has 0 fully saturated rings. The molecule has 3 aromatic rings. The number of benzene rings is 1. The Morgan fingerprint density at radius 3 is 2.96 bits per heavy atom. The number of pyridine rings is 1. The number of ether oxygens (including phenoxy) is 1. The van der Waals surface area contributed by atoms with Crippen LogP contribution in [-0.2, 0) is 9.53 Å². The molecule has 0 atom stereocenters.